The van der Waals surface area contributed by atoms with Crippen LogP contribution in [0.2, 0.25) is 5.02 Å². The Morgan fingerprint density at radius 2 is 1.38 bits per heavy atom. The lowest BCUT2D eigenvalue weighted by Gasteiger charge is -2.13. The van der Waals surface area contributed by atoms with Gasteiger partial charge in [-0.25, -0.2) is 8.78 Å². The van der Waals surface area contributed by atoms with E-state index in [1.807, 2.05) is 0 Å². The van der Waals surface area contributed by atoms with Gasteiger partial charge >= 0.3 is 0 Å². The summed E-state index contributed by atoms with van der Waals surface area (Å²) in [6.07, 6.45) is 8.61. The number of benzene rings is 2. The number of unbranched alkanes of at least 4 members (excludes halogenated alkanes) is 6. The lowest BCUT2D eigenvalue weighted by Crippen LogP contribution is -2.02. The number of aryl methyl sites for hydroxylation is 1. The van der Waals surface area contributed by atoms with Crippen LogP contribution < -0.4 is 4.74 Å². The van der Waals surface area contributed by atoms with Gasteiger partial charge in [-0.2, -0.15) is 4.39 Å². The Morgan fingerprint density at radius 3 is 2.07 bits per heavy atom. The fraction of sp³-hybridized carbons (Fsp3) is 0.500. The molecule has 0 aromatic heterocycles. The quantitative estimate of drug-likeness (QED) is 0.309. The molecule has 0 amide bonds. The Balaban J connectivity index is 2.15. The first-order chi connectivity index (χ1) is 14.0. The minimum Gasteiger partial charge on any atom is -0.490 e. The van der Waals surface area contributed by atoms with Crippen LogP contribution in [0.5, 0.6) is 5.75 Å². The van der Waals surface area contributed by atoms with E-state index < -0.39 is 17.5 Å². The molecule has 160 valence electrons. The minimum atomic E-state index is -1.08. The van der Waals surface area contributed by atoms with Crippen molar-refractivity contribution >= 4 is 11.6 Å². The van der Waals surface area contributed by atoms with E-state index in [0.29, 0.717) is 18.6 Å². The molecule has 0 N–H and O–H groups in total. The Kier molecular flexibility index (Phi) is 9.86. The third-order valence-corrected chi connectivity index (χ3v) is 5.42. The van der Waals surface area contributed by atoms with Gasteiger partial charge in [-0.15, -0.1) is 0 Å². The van der Waals surface area contributed by atoms with Gasteiger partial charge in [0.05, 0.1) is 11.6 Å². The number of hydrogen-bond donors (Lipinski definition) is 0. The molecule has 0 radical (unpaired) electrons. The zero-order valence-electron chi connectivity index (χ0n) is 17.3. The number of hydrogen-bond acceptors (Lipinski definition) is 1. The molecule has 0 atom stereocenters. The van der Waals surface area contributed by atoms with Crippen molar-refractivity contribution in [2.45, 2.75) is 71.6 Å². The van der Waals surface area contributed by atoms with E-state index in [1.165, 1.54) is 12.1 Å². The number of halogens is 4. The first kappa shape index (κ1) is 23.6. The summed E-state index contributed by atoms with van der Waals surface area (Å²) in [5, 5.41) is -0.176. The highest BCUT2D eigenvalue weighted by Gasteiger charge is 2.20. The summed E-state index contributed by atoms with van der Waals surface area (Å²) in [7, 11) is 0. The first-order valence-corrected chi connectivity index (χ1v) is 11.0. The summed E-state index contributed by atoms with van der Waals surface area (Å²) in [4.78, 5) is 0. The smallest absolute Gasteiger partial charge is 0.201 e. The Morgan fingerprint density at radius 1 is 0.724 bits per heavy atom. The van der Waals surface area contributed by atoms with Gasteiger partial charge in [0.25, 0.3) is 0 Å². The molecule has 0 saturated heterocycles. The second-order valence-electron chi connectivity index (χ2n) is 7.36. The predicted octanol–water partition coefficient (Wildman–Crippen LogP) is 8.51. The topological polar surface area (TPSA) is 9.23 Å². The SMILES string of the molecule is CCCCCCOc1ccc(-c2ccc(CCCCCC)c(F)c2Cl)c(F)c1F. The van der Waals surface area contributed by atoms with Gasteiger partial charge in [-0.1, -0.05) is 76.1 Å². The zero-order valence-corrected chi connectivity index (χ0v) is 18.1. The monoisotopic (exact) mass is 426 g/mol. The van der Waals surface area contributed by atoms with Crippen molar-refractivity contribution in [2.24, 2.45) is 0 Å². The van der Waals surface area contributed by atoms with Crippen molar-refractivity contribution in [3.8, 4) is 16.9 Å². The summed E-state index contributed by atoms with van der Waals surface area (Å²) in [6, 6.07) is 5.93. The highest BCUT2D eigenvalue weighted by molar-refractivity contribution is 6.33. The van der Waals surface area contributed by atoms with Crippen LogP contribution in [0.1, 0.15) is 70.8 Å². The first-order valence-electron chi connectivity index (χ1n) is 10.6. The van der Waals surface area contributed by atoms with E-state index in [9.17, 15) is 13.2 Å². The third kappa shape index (κ3) is 6.40. The van der Waals surface area contributed by atoms with Crippen molar-refractivity contribution in [3.05, 3.63) is 52.3 Å². The average Bonchev–Trinajstić information content (AvgIpc) is 2.72. The summed E-state index contributed by atoms with van der Waals surface area (Å²) < 4.78 is 49.1. The average molecular weight is 427 g/mol. The van der Waals surface area contributed by atoms with Crippen LogP contribution in [0.25, 0.3) is 11.1 Å². The van der Waals surface area contributed by atoms with Gasteiger partial charge in [0.2, 0.25) is 5.82 Å². The maximum absolute atomic E-state index is 14.7. The molecular weight excluding hydrogens is 397 g/mol. The van der Waals surface area contributed by atoms with Gasteiger partial charge < -0.3 is 4.74 Å². The Bertz CT molecular complexity index is 792. The summed E-state index contributed by atoms with van der Waals surface area (Å²) in [6.45, 7) is 4.54. The predicted molar refractivity (Wildman–Crippen MR) is 114 cm³/mol. The lowest BCUT2D eigenvalue weighted by atomic mass is 9.99. The van der Waals surface area contributed by atoms with E-state index in [4.69, 9.17) is 16.3 Å². The normalized spacial score (nSPS) is 11.1. The van der Waals surface area contributed by atoms with Gasteiger partial charge in [0.15, 0.2) is 11.6 Å². The van der Waals surface area contributed by atoms with Crippen molar-refractivity contribution < 1.29 is 17.9 Å². The molecule has 0 fully saturated rings. The standard InChI is InChI=1S/C24H30ClF3O/c1-3-5-7-9-11-17-12-13-18(21(25)22(17)26)19-14-15-20(24(28)23(19)27)29-16-10-8-6-4-2/h12-15H,3-11,16H2,1-2H3. The van der Waals surface area contributed by atoms with Crippen molar-refractivity contribution in [2.75, 3.05) is 6.61 Å². The van der Waals surface area contributed by atoms with Crippen LogP contribution in [0.15, 0.2) is 24.3 Å². The minimum absolute atomic E-state index is 0.0673. The lowest BCUT2D eigenvalue weighted by molar-refractivity contribution is 0.285. The molecule has 0 spiro atoms. The van der Waals surface area contributed by atoms with Crippen molar-refractivity contribution in [1.82, 2.24) is 0 Å². The number of ether oxygens (including phenoxy) is 1. The molecular formula is C24H30ClF3O. The maximum atomic E-state index is 14.7. The molecule has 1 nitrogen and oxygen atoms in total. The van der Waals surface area contributed by atoms with Crippen LogP contribution in [0.4, 0.5) is 13.2 Å². The van der Waals surface area contributed by atoms with Crippen molar-refractivity contribution in [1.29, 1.82) is 0 Å². The van der Waals surface area contributed by atoms with Gasteiger partial charge in [0.1, 0.15) is 5.82 Å². The maximum Gasteiger partial charge on any atom is 0.201 e. The third-order valence-electron chi connectivity index (χ3n) is 5.05. The molecule has 29 heavy (non-hydrogen) atoms. The summed E-state index contributed by atoms with van der Waals surface area (Å²) in [5.41, 5.74) is 0.581. The van der Waals surface area contributed by atoms with Crippen LogP contribution >= 0.6 is 11.6 Å². The fourth-order valence-corrected chi connectivity index (χ4v) is 3.58. The molecule has 2 aromatic carbocycles. The molecule has 0 saturated carbocycles. The molecule has 0 aliphatic carbocycles. The van der Waals surface area contributed by atoms with E-state index in [2.05, 4.69) is 13.8 Å². The van der Waals surface area contributed by atoms with E-state index in [-0.39, 0.29) is 21.9 Å². The Labute approximate surface area is 177 Å². The van der Waals surface area contributed by atoms with Gasteiger partial charge in [0, 0.05) is 11.1 Å². The molecule has 0 bridgehead atoms. The molecule has 2 rings (SSSR count). The molecule has 2 aromatic rings. The van der Waals surface area contributed by atoms with E-state index in [0.717, 1.165) is 51.4 Å². The Hall–Kier alpha value is -1.68. The van der Waals surface area contributed by atoms with E-state index in [1.54, 1.807) is 12.1 Å². The highest BCUT2D eigenvalue weighted by Crippen LogP contribution is 2.36. The fourth-order valence-electron chi connectivity index (χ4n) is 3.29. The molecule has 5 heteroatoms. The van der Waals surface area contributed by atoms with Gasteiger partial charge in [-0.05, 0) is 37.0 Å². The zero-order chi connectivity index (χ0) is 21.2. The molecule has 0 aliphatic heterocycles. The van der Waals surface area contributed by atoms with Crippen LogP contribution in [0.3, 0.4) is 0 Å². The highest BCUT2D eigenvalue weighted by atomic mass is 35.5. The van der Waals surface area contributed by atoms with Gasteiger partial charge in [-0.3, -0.25) is 0 Å². The van der Waals surface area contributed by atoms with Crippen LogP contribution in [0, 0.1) is 17.5 Å². The van der Waals surface area contributed by atoms with E-state index >= 15 is 0 Å². The van der Waals surface area contributed by atoms with Crippen molar-refractivity contribution in [3.63, 3.8) is 0 Å². The molecule has 0 heterocycles. The van der Waals surface area contributed by atoms with Crippen LogP contribution in [-0.2, 0) is 6.42 Å². The number of rotatable bonds is 12. The summed E-state index contributed by atoms with van der Waals surface area (Å²) >= 11 is 6.17. The van der Waals surface area contributed by atoms with Crippen LogP contribution in [-0.4, -0.2) is 6.61 Å². The molecule has 0 unspecified atom stereocenters. The second kappa shape index (κ2) is 12.1. The second-order valence-corrected chi connectivity index (χ2v) is 7.74. The molecule has 0 aliphatic rings. The summed E-state index contributed by atoms with van der Waals surface area (Å²) in [5.74, 6) is -2.84. The largest absolute Gasteiger partial charge is 0.490 e.